The highest BCUT2D eigenvalue weighted by molar-refractivity contribution is 5.90. The average Bonchev–Trinajstić information content (AvgIpc) is 0.803. The van der Waals surface area contributed by atoms with E-state index in [0.29, 0.717) is 136 Å². The van der Waals surface area contributed by atoms with Crippen LogP contribution < -0.4 is 18.9 Å². The van der Waals surface area contributed by atoms with Gasteiger partial charge >= 0.3 is 47.8 Å². The molecule has 2 aliphatic rings. The largest absolute Gasteiger partial charge is 0.494 e. The van der Waals surface area contributed by atoms with Gasteiger partial charge in [-0.3, -0.25) is 19.2 Å². The Morgan fingerprint density at radius 2 is 0.795 bits per heavy atom. The minimum absolute atomic E-state index is 0.0668. The van der Waals surface area contributed by atoms with E-state index in [9.17, 15) is 38.4 Å². The van der Waals surface area contributed by atoms with Crippen molar-refractivity contribution in [2.24, 2.45) is 11.8 Å². The van der Waals surface area contributed by atoms with E-state index in [1.807, 2.05) is 24.3 Å². The number of rotatable bonds is 52. The van der Waals surface area contributed by atoms with Crippen LogP contribution in [0.2, 0.25) is 0 Å². The summed E-state index contributed by atoms with van der Waals surface area (Å²) in [4.78, 5) is 94.4. The highest BCUT2D eigenvalue weighted by atomic mass is 19.1. The van der Waals surface area contributed by atoms with Gasteiger partial charge < -0.3 is 56.8 Å². The van der Waals surface area contributed by atoms with Crippen LogP contribution in [0.4, 0.5) is 4.39 Å². The minimum Gasteiger partial charge on any atom is -0.494 e. The number of carbonyl (C=O) groups excluding carboxylic acids is 8. The molecule has 21 heteroatoms. The SMILES string of the molecule is C=C(C)C(=O)OCCCc1cc(-c2ccc(OCCCCCCCCCC)cc2F)cc(CCCOC(=O)C(=C)C)c1OCOCC1CC(=O)OC(=O)C1.C=C(C)C(=O)OCCCc1cc(-c2ccccc2CC)cc(CCCOC(=O)C(=C)C)c1OCCCCCc1ccc(OCCCOCC2CC(=O)OC(=O)C2)cc1. The minimum atomic E-state index is -0.587. The highest BCUT2D eigenvalue weighted by Gasteiger charge is 2.29. The molecule has 2 heterocycles. The lowest BCUT2D eigenvalue weighted by atomic mass is 9.91. The van der Waals surface area contributed by atoms with E-state index in [-0.39, 0.29) is 77.3 Å². The maximum absolute atomic E-state index is 15.8. The van der Waals surface area contributed by atoms with E-state index < -0.39 is 53.6 Å². The van der Waals surface area contributed by atoms with Crippen LogP contribution in [0.5, 0.6) is 23.0 Å². The fraction of sp³-hybridized carbons (Fsp3) is 0.495. The van der Waals surface area contributed by atoms with Crippen molar-refractivity contribution in [3.05, 3.63) is 179 Å². The van der Waals surface area contributed by atoms with Crippen LogP contribution in [0.1, 0.15) is 203 Å². The van der Waals surface area contributed by atoms with Crippen LogP contribution in [0.25, 0.3) is 22.3 Å². The molecule has 0 N–H and O–H groups in total. The third-order valence-corrected chi connectivity index (χ3v) is 18.7. The molecular weight excluding hydrogens is 1430 g/mol. The fourth-order valence-electron chi connectivity index (χ4n) is 12.7. The summed E-state index contributed by atoms with van der Waals surface area (Å²) in [6.07, 6.45) is 19.7. The van der Waals surface area contributed by atoms with Crippen molar-refractivity contribution in [2.75, 3.05) is 72.9 Å². The predicted octanol–water partition coefficient (Wildman–Crippen LogP) is 18.0. The number of unbranched alkanes of at least 4 members (excludes halogenated alkanes) is 9. The molecule has 0 aromatic heterocycles. The van der Waals surface area contributed by atoms with Gasteiger partial charge in [0.1, 0.15) is 28.8 Å². The number of aryl methyl sites for hydroxylation is 6. The third-order valence-electron chi connectivity index (χ3n) is 18.7. The highest BCUT2D eigenvalue weighted by Crippen LogP contribution is 2.38. The summed E-state index contributed by atoms with van der Waals surface area (Å²) in [5.41, 5.74) is 10.7. The molecule has 0 unspecified atom stereocenters. The Bertz CT molecular complexity index is 3780. The number of benzene rings is 5. The van der Waals surface area contributed by atoms with Gasteiger partial charge in [0.25, 0.3) is 0 Å². The molecule has 0 spiro atoms. The molecule has 112 heavy (non-hydrogen) atoms. The summed E-state index contributed by atoms with van der Waals surface area (Å²) in [6.45, 7) is 28.6. The first-order valence-corrected chi connectivity index (χ1v) is 39.7. The van der Waals surface area contributed by atoms with Crippen molar-refractivity contribution < 1.29 is 99.6 Å². The quantitative estimate of drug-likeness (QED) is 0.00876. The smallest absolute Gasteiger partial charge is 0.333 e. The normalized spacial score (nSPS) is 12.9. The van der Waals surface area contributed by atoms with Crippen LogP contribution in [0, 0.1) is 17.7 Å². The summed E-state index contributed by atoms with van der Waals surface area (Å²) in [5, 5.41) is 0. The molecule has 0 atom stereocenters. The number of ether oxygens (including phenoxy) is 12. The van der Waals surface area contributed by atoms with E-state index in [1.54, 1.807) is 39.8 Å². The van der Waals surface area contributed by atoms with E-state index in [2.05, 4.69) is 98.2 Å². The number of halogens is 1. The second kappa shape index (κ2) is 51.0. The van der Waals surface area contributed by atoms with Gasteiger partial charge in [-0.1, -0.05) is 122 Å². The number of esters is 8. The zero-order valence-corrected chi connectivity index (χ0v) is 66.8. The molecule has 608 valence electrons. The summed E-state index contributed by atoms with van der Waals surface area (Å²) in [5.74, 6) is -2.17. The van der Waals surface area contributed by atoms with E-state index in [4.69, 9.17) is 47.4 Å². The first-order chi connectivity index (χ1) is 54.0. The lowest BCUT2D eigenvalue weighted by Gasteiger charge is -2.21. The van der Waals surface area contributed by atoms with Crippen molar-refractivity contribution in [2.45, 2.75) is 208 Å². The Morgan fingerprint density at radius 1 is 0.393 bits per heavy atom. The molecule has 0 amide bonds. The monoisotopic (exact) mass is 1550 g/mol. The molecule has 0 aliphatic carbocycles. The molecule has 5 aromatic carbocycles. The van der Waals surface area contributed by atoms with Gasteiger partial charge in [-0.05, 0) is 216 Å². The molecule has 0 saturated carbocycles. The summed E-state index contributed by atoms with van der Waals surface area (Å²) in [7, 11) is 0. The first-order valence-electron chi connectivity index (χ1n) is 39.7. The summed E-state index contributed by atoms with van der Waals surface area (Å²) in [6, 6.07) is 29.6. The number of hydrogen-bond acceptors (Lipinski definition) is 20. The van der Waals surface area contributed by atoms with Crippen LogP contribution in [-0.4, -0.2) is 121 Å². The Morgan fingerprint density at radius 3 is 1.26 bits per heavy atom. The molecule has 2 fully saturated rings. The summed E-state index contributed by atoms with van der Waals surface area (Å²) < 4.78 is 82.4. The van der Waals surface area contributed by atoms with Gasteiger partial charge in [-0.25, -0.2) is 23.6 Å². The van der Waals surface area contributed by atoms with Gasteiger partial charge in [0.15, 0.2) is 6.79 Å². The number of hydrogen-bond donors (Lipinski definition) is 0. The maximum Gasteiger partial charge on any atom is 0.333 e. The van der Waals surface area contributed by atoms with Crippen molar-refractivity contribution in [3.8, 4) is 45.3 Å². The molecule has 2 saturated heterocycles. The van der Waals surface area contributed by atoms with Crippen LogP contribution in [-0.2, 0) is 115 Å². The van der Waals surface area contributed by atoms with E-state index in [1.165, 1.54) is 61.3 Å². The Hall–Kier alpha value is -9.73. The third kappa shape index (κ3) is 34.1. The topological polar surface area (TPSA) is 247 Å². The van der Waals surface area contributed by atoms with Crippen molar-refractivity contribution in [1.29, 1.82) is 0 Å². The molecule has 7 rings (SSSR count). The first kappa shape index (κ1) is 91.1. The number of cyclic esters (lactones) is 4. The van der Waals surface area contributed by atoms with Gasteiger partial charge in [0.2, 0.25) is 0 Å². The molecule has 2 aliphatic heterocycles. The van der Waals surface area contributed by atoms with Crippen molar-refractivity contribution >= 4 is 47.8 Å². The van der Waals surface area contributed by atoms with Gasteiger partial charge in [-0.2, -0.15) is 0 Å². The fourth-order valence-corrected chi connectivity index (χ4v) is 12.7. The van der Waals surface area contributed by atoms with Gasteiger partial charge in [0.05, 0.1) is 85.1 Å². The standard InChI is InChI=1S/C48H60O10.C43H57FO10/c1-6-38-16-9-10-19-43(38)41-31-39(17-12-26-56-47(51)34(2)3)46(40(32-41)18-13-27-57-48(52)35(4)5)55-25-11-7-8-15-36-20-22-42(23-21-36)54-28-14-24-53-33-37-29-44(49)58-45(50)30-37;1-6-7-8-9-10-11-12-13-20-50-36-18-19-37(38(44)27-36)35-25-33(16-14-21-51-42(47)30(2)3)41(34(26-35)17-15-22-52-43(48)31(4)5)53-29-49-28-32-23-39(45)54-40(46)24-32/h9-10,16,19-23,31-32,37H,2,4,6-8,11-15,17-18,24-30,33H2,1,3,5H3;18-19,25-27,32H,2,4,6-17,20-24,28-29H2,1,3,5H3. The molecule has 20 nitrogen and oxygen atoms in total. The average molecular weight is 1550 g/mol. The van der Waals surface area contributed by atoms with E-state index >= 15 is 4.39 Å². The van der Waals surface area contributed by atoms with E-state index in [0.717, 1.165) is 84.3 Å². The summed E-state index contributed by atoms with van der Waals surface area (Å²) >= 11 is 0. The molecular formula is C91H117FO20. The lowest BCUT2D eigenvalue weighted by molar-refractivity contribution is -0.168. The van der Waals surface area contributed by atoms with Crippen LogP contribution in [0.3, 0.4) is 0 Å². The molecule has 0 radical (unpaired) electrons. The Kier molecular flexibility index (Phi) is 41.5. The second-order valence-electron chi connectivity index (χ2n) is 28.8. The molecule has 5 aromatic rings. The zero-order valence-electron chi connectivity index (χ0n) is 66.8. The van der Waals surface area contributed by atoms with Gasteiger partial charge in [0, 0.05) is 58.8 Å². The van der Waals surface area contributed by atoms with Gasteiger partial charge in [-0.15, -0.1) is 0 Å². The van der Waals surface area contributed by atoms with Crippen molar-refractivity contribution in [1.82, 2.24) is 0 Å². The van der Waals surface area contributed by atoms with Crippen LogP contribution in [0.15, 0.2) is 140 Å². The predicted molar refractivity (Wildman–Crippen MR) is 427 cm³/mol. The van der Waals surface area contributed by atoms with Crippen molar-refractivity contribution in [3.63, 3.8) is 0 Å². The number of carbonyl (C=O) groups is 8. The molecule has 0 bridgehead atoms. The Balaban J connectivity index is 0.000000350. The second-order valence-corrected chi connectivity index (χ2v) is 28.8. The lowest BCUT2D eigenvalue weighted by Crippen LogP contribution is -2.28. The maximum atomic E-state index is 15.8. The Labute approximate surface area is 661 Å². The van der Waals surface area contributed by atoms with Crippen LogP contribution >= 0.6 is 0 Å². The zero-order chi connectivity index (χ0) is 81.0.